The number of hydrogen-bond acceptors (Lipinski definition) is 5. The van der Waals surface area contributed by atoms with E-state index in [9.17, 15) is 9.59 Å². The summed E-state index contributed by atoms with van der Waals surface area (Å²) in [5.41, 5.74) is 3.92. The molecule has 1 saturated carbocycles. The number of imidazole rings is 1. The number of carbonyl (C=O) groups is 2. The Labute approximate surface area is 248 Å². The van der Waals surface area contributed by atoms with Gasteiger partial charge in [-0.2, -0.15) is 5.26 Å². The van der Waals surface area contributed by atoms with Gasteiger partial charge >= 0.3 is 6.03 Å². The van der Waals surface area contributed by atoms with Crippen molar-refractivity contribution in [2.45, 2.75) is 70.1 Å². The van der Waals surface area contributed by atoms with Crippen LogP contribution in [0.5, 0.6) is 0 Å². The third-order valence-corrected chi connectivity index (χ3v) is 8.65. The van der Waals surface area contributed by atoms with Crippen molar-refractivity contribution in [3.8, 4) is 6.07 Å². The zero-order valence-electron chi connectivity index (χ0n) is 24.4. The van der Waals surface area contributed by atoms with Gasteiger partial charge in [0.05, 0.1) is 18.0 Å². The van der Waals surface area contributed by atoms with E-state index in [1.54, 1.807) is 11.2 Å². The monoisotopic (exact) mass is 567 g/mol. The van der Waals surface area contributed by atoms with Gasteiger partial charge in [0.1, 0.15) is 6.04 Å². The van der Waals surface area contributed by atoms with Crippen LogP contribution in [0.2, 0.25) is 0 Å². The van der Waals surface area contributed by atoms with Crippen molar-refractivity contribution in [2.24, 2.45) is 0 Å². The molecule has 0 radical (unpaired) electrons. The lowest BCUT2D eigenvalue weighted by Gasteiger charge is -2.43. The predicted molar refractivity (Wildman–Crippen MR) is 162 cm³/mol. The zero-order valence-corrected chi connectivity index (χ0v) is 24.4. The van der Waals surface area contributed by atoms with Crippen molar-refractivity contribution in [1.29, 1.82) is 5.26 Å². The third-order valence-electron chi connectivity index (χ3n) is 8.65. The van der Waals surface area contributed by atoms with Crippen molar-refractivity contribution in [1.82, 2.24) is 30.0 Å². The Morgan fingerprint density at radius 1 is 1.05 bits per heavy atom. The van der Waals surface area contributed by atoms with Gasteiger partial charge in [0, 0.05) is 63.1 Å². The number of aromatic nitrogens is 2. The van der Waals surface area contributed by atoms with Crippen LogP contribution in [-0.4, -0.2) is 69.6 Å². The number of nitrogens with one attached hydrogen (secondary N) is 2. The summed E-state index contributed by atoms with van der Waals surface area (Å²) in [6, 6.07) is 19.6. The number of rotatable bonds is 9. The molecule has 2 aliphatic rings. The Kier molecular flexibility index (Phi) is 9.88. The van der Waals surface area contributed by atoms with Crippen molar-refractivity contribution in [2.75, 3.05) is 26.2 Å². The summed E-state index contributed by atoms with van der Waals surface area (Å²) in [6.07, 6.45) is 9.73. The van der Waals surface area contributed by atoms with Crippen molar-refractivity contribution in [3.05, 3.63) is 89.5 Å². The van der Waals surface area contributed by atoms with Gasteiger partial charge in [-0.25, -0.2) is 9.78 Å². The Bertz CT molecular complexity index is 1360. The van der Waals surface area contributed by atoms with E-state index in [0.29, 0.717) is 44.7 Å². The minimum atomic E-state index is -0.572. The second-order valence-corrected chi connectivity index (χ2v) is 11.4. The van der Waals surface area contributed by atoms with Gasteiger partial charge in [0.15, 0.2) is 0 Å². The molecule has 2 atom stereocenters. The number of nitrogens with zero attached hydrogens (tertiary/aromatic N) is 5. The predicted octanol–water partition coefficient (Wildman–Crippen LogP) is 4.25. The van der Waals surface area contributed by atoms with Crippen LogP contribution in [0.15, 0.2) is 67.1 Å². The topological polar surface area (TPSA) is 106 Å². The number of nitriles is 1. The molecule has 42 heavy (non-hydrogen) atoms. The second-order valence-electron chi connectivity index (χ2n) is 11.4. The van der Waals surface area contributed by atoms with Gasteiger partial charge in [-0.3, -0.25) is 9.69 Å². The zero-order chi connectivity index (χ0) is 29.3. The fourth-order valence-corrected chi connectivity index (χ4v) is 6.08. The van der Waals surface area contributed by atoms with E-state index in [4.69, 9.17) is 5.26 Å². The minimum Gasteiger partial charge on any atom is -0.354 e. The smallest absolute Gasteiger partial charge is 0.318 e. The molecule has 1 aliphatic carbocycles. The molecule has 1 aliphatic heterocycles. The second kappa shape index (κ2) is 14.1. The van der Waals surface area contributed by atoms with E-state index < -0.39 is 6.04 Å². The molecule has 3 amide bonds. The van der Waals surface area contributed by atoms with Crippen LogP contribution in [0, 0.1) is 11.3 Å². The van der Waals surface area contributed by atoms with E-state index in [0.717, 1.165) is 36.9 Å². The largest absolute Gasteiger partial charge is 0.354 e. The van der Waals surface area contributed by atoms with Gasteiger partial charge in [-0.15, -0.1) is 0 Å². The molecule has 5 rings (SSSR count). The van der Waals surface area contributed by atoms with Crippen molar-refractivity contribution < 1.29 is 9.59 Å². The Balaban J connectivity index is 1.22. The number of urea groups is 1. The van der Waals surface area contributed by atoms with Gasteiger partial charge in [0.2, 0.25) is 5.91 Å². The SMILES string of the molecule is CC(c1ccccc1)N1CCN(C(=O)NC2CCCCC2)[C@@H](C(=O)NCCc2cncn2Cc2ccc(C#N)cc2)C1. The first-order valence-corrected chi connectivity index (χ1v) is 15.1. The molecule has 3 aromatic rings. The normalized spacial score (nSPS) is 18.7. The Morgan fingerprint density at radius 2 is 1.81 bits per heavy atom. The number of piperazine rings is 1. The van der Waals surface area contributed by atoms with Gasteiger partial charge in [-0.05, 0) is 43.0 Å². The maximum Gasteiger partial charge on any atom is 0.318 e. The lowest BCUT2D eigenvalue weighted by atomic mass is 9.95. The first-order chi connectivity index (χ1) is 20.5. The molecule has 1 unspecified atom stereocenters. The molecular weight excluding hydrogens is 526 g/mol. The van der Waals surface area contributed by atoms with Crippen LogP contribution in [0.4, 0.5) is 4.79 Å². The summed E-state index contributed by atoms with van der Waals surface area (Å²) in [7, 11) is 0. The molecule has 2 heterocycles. The molecule has 0 bridgehead atoms. The summed E-state index contributed by atoms with van der Waals surface area (Å²) < 4.78 is 2.06. The maximum absolute atomic E-state index is 13.7. The molecule has 2 N–H and O–H groups in total. The van der Waals surface area contributed by atoms with Crippen molar-refractivity contribution in [3.63, 3.8) is 0 Å². The molecule has 0 spiro atoms. The Morgan fingerprint density at radius 3 is 2.55 bits per heavy atom. The molecule has 2 fully saturated rings. The first kappa shape index (κ1) is 29.3. The standard InChI is InChI=1S/C33H41N7O2/c1-25(28-8-4-2-5-9-28)38-18-19-40(33(42)37-29-10-6-3-7-11-29)31(23-38)32(41)36-17-16-30-21-35-24-39(30)22-27-14-12-26(20-34)13-15-27/h2,4-5,8-9,12-15,21,24-25,29,31H,3,6-7,10-11,16-19,22-23H2,1H3,(H,36,41)(H,37,42)/t25?,31-/m1/s1. The highest BCUT2D eigenvalue weighted by Gasteiger charge is 2.37. The molecule has 9 nitrogen and oxygen atoms in total. The lowest BCUT2D eigenvalue weighted by molar-refractivity contribution is -0.127. The lowest BCUT2D eigenvalue weighted by Crippen LogP contribution is -2.63. The van der Waals surface area contributed by atoms with Gasteiger partial charge in [-0.1, -0.05) is 61.7 Å². The molecule has 2 aromatic carbocycles. The van der Waals surface area contributed by atoms with E-state index in [-0.39, 0.29) is 24.0 Å². The van der Waals surface area contributed by atoms with Crippen LogP contribution in [-0.2, 0) is 17.8 Å². The number of carbonyl (C=O) groups excluding carboxylic acids is 2. The third kappa shape index (κ3) is 7.37. The average molecular weight is 568 g/mol. The van der Waals surface area contributed by atoms with Gasteiger partial charge in [0.25, 0.3) is 0 Å². The van der Waals surface area contributed by atoms with Crippen LogP contribution in [0.1, 0.15) is 67.5 Å². The van der Waals surface area contributed by atoms with E-state index in [1.807, 2.05) is 48.7 Å². The number of benzene rings is 2. The summed E-state index contributed by atoms with van der Waals surface area (Å²) in [6.45, 7) is 4.95. The molecular formula is C33H41N7O2. The summed E-state index contributed by atoms with van der Waals surface area (Å²) in [5, 5.41) is 15.4. The van der Waals surface area contributed by atoms with Crippen LogP contribution >= 0.6 is 0 Å². The summed E-state index contributed by atoms with van der Waals surface area (Å²) in [4.78, 5) is 35.5. The Hall–Kier alpha value is -4.16. The molecule has 220 valence electrons. The highest BCUT2D eigenvalue weighted by Crippen LogP contribution is 2.24. The van der Waals surface area contributed by atoms with Gasteiger partial charge < -0.3 is 20.1 Å². The summed E-state index contributed by atoms with van der Waals surface area (Å²) >= 11 is 0. The van der Waals surface area contributed by atoms with Crippen LogP contribution in [0.3, 0.4) is 0 Å². The van der Waals surface area contributed by atoms with Crippen LogP contribution in [0.25, 0.3) is 0 Å². The highest BCUT2D eigenvalue weighted by atomic mass is 16.2. The van der Waals surface area contributed by atoms with E-state index in [2.05, 4.69) is 50.2 Å². The average Bonchev–Trinajstić information content (AvgIpc) is 3.48. The van der Waals surface area contributed by atoms with Crippen LogP contribution < -0.4 is 10.6 Å². The maximum atomic E-state index is 13.7. The fraction of sp³-hybridized carbons (Fsp3) is 0.455. The molecule has 9 heteroatoms. The number of hydrogen-bond donors (Lipinski definition) is 2. The van der Waals surface area contributed by atoms with E-state index in [1.165, 1.54) is 12.0 Å². The first-order valence-electron chi connectivity index (χ1n) is 15.1. The summed E-state index contributed by atoms with van der Waals surface area (Å²) in [5.74, 6) is -0.128. The quantitative estimate of drug-likeness (QED) is 0.402. The fourth-order valence-electron chi connectivity index (χ4n) is 6.08. The van der Waals surface area contributed by atoms with Crippen molar-refractivity contribution >= 4 is 11.9 Å². The molecule has 1 aromatic heterocycles. The van der Waals surface area contributed by atoms with E-state index >= 15 is 0 Å². The minimum absolute atomic E-state index is 0.128. The molecule has 1 saturated heterocycles. The highest BCUT2D eigenvalue weighted by molar-refractivity contribution is 5.87. The number of amides is 3.